The third-order valence-electron chi connectivity index (χ3n) is 6.53. The Morgan fingerprint density at radius 2 is 1.82 bits per heavy atom. The lowest BCUT2D eigenvalue weighted by Gasteiger charge is -2.35. The molecule has 0 aliphatic carbocycles. The molecule has 8 heteroatoms. The molecule has 0 saturated carbocycles. The van der Waals surface area contributed by atoms with E-state index in [1.807, 2.05) is 30.0 Å². The standard InChI is InChI=1S/C26H28N2O6/c1-17-11-26(30)34-23-14-22(31-2)19(13-20(17)23)4-6-25(29)28-9-7-27(8-10-28)15-18-3-5-21-24(12-18)33-16-32-21/h3,5,11-14H,4,6-10,15-16H2,1-2H3. The molecule has 2 aliphatic heterocycles. The second-order valence-corrected chi connectivity index (χ2v) is 8.75. The van der Waals surface area contributed by atoms with E-state index in [0.717, 1.165) is 47.6 Å². The maximum atomic E-state index is 12.9. The highest BCUT2D eigenvalue weighted by atomic mass is 16.7. The van der Waals surface area contributed by atoms with Crippen LogP contribution in [0.1, 0.15) is 23.1 Å². The number of benzene rings is 2. The SMILES string of the molecule is COc1cc2oc(=O)cc(C)c2cc1CCC(=O)N1CCN(Cc2ccc3c(c2)OCO3)CC1. The topological polar surface area (TPSA) is 81.5 Å². The van der Waals surface area contributed by atoms with Gasteiger partial charge in [-0.3, -0.25) is 9.69 Å². The first-order valence-corrected chi connectivity index (χ1v) is 11.5. The van der Waals surface area contributed by atoms with Gasteiger partial charge in [-0.2, -0.15) is 0 Å². The number of amides is 1. The molecule has 0 unspecified atom stereocenters. The predicted octanol–water partition coefficient (Wildman–Crippen LogP) is 3.12. The van der Waals surface area contributed by atoms with Crippen molar-refractivity contribution in [1.29, 1.82) is 0 Å². The highest BCUT2D eigenvalue weighted by Gasteiger charge is 2.22. The Bertz CT molecular complexity index is 1280. The van der Waals surface area contributed by atoms with Crippen molar-refractivity contribution in [3.63, 3.8) is 0 Å². The van der Waals surface area contributed by atoms with Crippen molar-refractivity contribution < 1.29 is 23.4 Å². The van der Waals surface area contributed by atoms with E-state index >= 15 is 0 Å². The summed E-state index contributed by atoms with van der Waals surface area (Å²) >= 11 is 0. The highest BCUT2D eigenvalue weighted by Crippen LogP contribution is 2.33. The van der Waals surface area contributed by atoms with E-state index in [1.54, 1.807) is 13.2 Å². The van der Waals surface area contributed by atoms with Gasteiger partial charge in [-0.05, 0) is 48.2 Å². The summed E-state index contributed by atoms with van der Waals surface area (Å²) in [6, 6.07) is 11.2. The first-order chi connectivity index (χ1) is 16.5. The molecule has 5 rings (SSSR count). The monoisotopic (exact) mass is 464 g/mol. The molecular weight excluding hydrogens is 436 g/mol. The zero-order valence-corrected chi connectivity index (χ0v) is 19.5. The summed E-state index contributed by atoms with van der Waals surface area (Å²) in [5.74, 6) is 2.36. The number of carbonyl (C=O) groups is 1. The molecule has 3 heterocycles. The zero-order chi connectivity index (χ0) is 23.7. The van der Waals surface area contributed by atoms with Gasteiger partial charge in [0.2, 0.25) is 12.7 Å². The van der Waals surface area contributed by atoms with Crippen LogP contribution >= 0.6 is 0 Å². The summed E-state index contributed by atoms with van der Waals surface area (Å²) in [6.45, 7) is 6.06. The van der Waals surface area contributed by atoms with Gasteiger partial charge in [0.25, 0.3) is 0 Å². The molecule has 0 N–H and O–H groups in total. The molecule has 3 aromatic rings. The number of hydrogen-bond donors (Lipinski definition) is 0. The summed E-state index contributed by atoms with van der Waals surface area (Å²) in [5.41, 5.74) is 3.07. The van der Waals surface area contributed by atoms with E-state index in [4.69, 9.17) is 18.6 Å². The van der Waals surface area contributed by atoms with Crippen LogP contribution in [-0.2, 0) is 17.8 Å². The van der Waals surface area contributed by atoms with Crippen LogP contribution in [0.5, 0.6) is 17.2 Å². The molecule has 1 amide bonds. The molecule has 8 nitrogen and oxygen atoms in total. The summed E-state index contributed by atoms with van der Waals surface area (Å²) < 4.78 is 21.7. The Kier molecular flexibility index (Phi) is 6.15. The second-order valence-electron chi connectivity index (χ2n) is 8.75. The number of fused-ring (bicyclic) bond motifs is 2. The lowest BCUT2D eigenvalue weighted by Crippen LogP contribution is -2.48. The minimum absolute atomic E-state index is 0.140. The van der Waals surface area contributed by atoms with Gasteiger partial charge in [-0.15, -0.1) is 0 Å². The molecule has 0 atom stereocenters. The number of piperazine rings is 1. The second kappa shape index (κ2) is 9.38. The van der Waals surface area contributed by atoms with Crippen molar-refractivity contribution in [2.45, 2.75) is 26.3 Å². The maximum absolute atomic E-state index is 12.9. The third-order valence-corrected chi connectivity index (χ3v) is 6.53. The van der Waals surface area contributed by atoms with E-state index in [1.165, 1.54) is 11.6 Å². The normalized spacial score (nSPS) is 15.6. The average Bonchev–Trinajstić information content (AvgIpc) is 3.30. The average molecular weight is 465 g/mol. The number of rotatable bonds is 6. The van der Waals surface area contributed by atoms with Crippen molar-refractivity contribution in [2.24, 2.45) is 0 Å². The van der Waals surface area contributed by atoms with Gasteiger partial charge in [0, 0.05) is 56.7 Å². The van der Waals surface area contributed by atoms with E-state index < -0.39 is 0 Å². The van der Waals surface area contributed by atoms with Gasteiger partial charge >= 0.3 is 5.63 Å². The first-order valence-electron chi connectivity index (χ1n) is 11.5. The Hall–Kier alpha value is -3.52. The fraction of sp³-hybridized carbons (Fsp3) is 0.385. The van der Waals surface area contributed by atoms with Gasteiger partial charge < -0.3 is 23.5 Å². The van der Waals surface area contributed by atoms with Crippen molar-refractivity contribution in [2.75, 3.05) is 40.1 Å². The van der Waals surface area contributed by atoms with Crippen LogP contribution in [0.25, 0.3) is 11.0 Å². The van der Waals surface area contributed by atoms with Gasteiger partial charge in [-0.1, -0.05) is 6.07 Å². The molecule has 2 aromatic carbocycles. The molecule has 1 aromatic heterocycles. The predicted molar refractivity (Wildman–Crippen MR) is 127 cm³/mol. The maximum Gasteiger partial charge on any atom is 0.336 e. The molecule has 0 bridgehead atoms. The molecule has 1 saturated heterocycles. The van der Waals surface area contributed by atoms with E-state index in [2.05, 4.69) is 11.0 Å². The van der Waals surface area contributed by atoms with Gasteiger partial charge in [0.05, 0.1) is 7.11 Å². The van der Waals surface area contributed by atoms with E-state index in [-0.39, 0.29) is 18.3 Å². The lowest BCUT2D eigenvalue weighted by atomic mass is 10.0. The molecule has 1 fully saturated rings. The van der Waals surface area contributed by atoms with Crippen molar-refractivity contribution in [3.05, 3.63) is 63.5 Å². The van der Waals surface area contributed by atoms with Gasteiger partial charge in [0.1, 0.15) is 11.3 Å². The summed E-state index contributed by atoms with van der Waals surface area (Å²) in [5, 5.41) is 0.861. The summed E-state index contributed by atoms with van der Waals surface area (Å²) in [6.07, 6.45) is 0.966. The van der Waals surface area contributed by atoms with Crippen LogP contribution in [0.2, 0.25) is 0 Å². The molecule has 2 aliphatic rings. The first kappa shape index (κ1) is 22.3. The Morgan fingerprint density at radius 1 is 1.03 bits per heavy atom. The van der Waals surface area contributed by atoms with Crippen molar-refractivity contribution in [3.8, 4) is 17.2 Å². The summed E-state index contributed by atoms with van der Waals surface area (Å²) in [7, 11) is 1.58. The lowest BCUT2D eigenvalue weighted by molar-refractivity contribution is -0.133. The molecule has 0 radical (unpaired) electrons. The van der Waals surface area contributed by atoms with Crippen LogP contribution < -0.4 is 19.8 Å². The zero-order valence-electron chi connectivity index (χ0n) is 19.5. The van der Waals surface area contributed by atoms with Crippen LogP contribution in [0, 0.1) is 6.92 Å². The van der Waals surface area contributed by atoms with Gasteiger partial charge in [0.15, 0.2) is 11.5 Å². The Morgan fingerprint density at radius 3 is 2.62 bits per heavy atom. The number of carbonyl (C=O) groups excluding carboxylic acids is 1. The van der Waals surface area contributed by atoms with E-state index in [9.17, 15) is 9.59 Å². The van der Waals surface area contributed by atoms with Crippen LogP contribution in [0.4, 0.5) is 0 Å². The number of methoxy groups -OCH3 is 1. The summed E-state index contributed by atoms with van der Waals surface area (Å²) in [4.78, 5) is 28.9. The van der Waals surface area contributed by atoms with Crippen LogP contribution in [0.15, 0.2) is 45.6 Å². The van der Waals surface area contributed by atoms with Gasteiger partial charge in [-0.25, -0.2) is 4.79 Å². The largest absolute Gasteiger partial charge is 0.496 e. The minimum atomic E-state index is -0.382. The number of aryl methyl sites for hydroxylation is 2. The van der Waals surface area contributed by atoms with Crippen molar-refractivity contribution in [1.82, 2.24) is 9.80 Å². The minimum Gasteiger partial charge on any atom is -0.496 e. The van der Waals surface area contributed by atoms with Crippen LogP contribution in [0.3, 0.4) is 0 Å². The molecule has 0 spiro atoms. The third kappa shape index (κ3) is 4.59. The smallest absolute Gasteiger partial charge is 0.336 e. The number of hydrogen-bond acceptors (Lipinski definition) is 7. The number of ether oxygens (including phenoxy) is 3. The fourth-order valence-corrected chi connectivity index (χ4v) is 4.63. The fourth-order valence-electron chi connectivity index (χ4n) is 4.63. The quantitative estimate of drug-likeness (QED) is 0.519. The molecular formula is C26H28N2O6. The Balaban J connectivity index is 1.17. The molecule has 178 valence electrons. The highest BCUT2D eigenvalue weighted by molar-refractivity contribution is 5.83. The van der Waals surface area contributed by atoms with Crippen molar-refractivity contribution >= 4 is 16.9 Å². The molecule has 34 heavy (non-hydrogen) atoms. The number of nitrogens with zero attached hydrogens (tertiary/aromatic N) is 2. The Labute approximate surface area is 197 Å². The van der Waals surface area contributed by atoms with Crippen LogP contribution in [-0.4, -0.2) is 55.8 Å². The van der Waals surface area contributed by atoms with E-state index in [0.29, 0.717) is 37.3 Å².